The lowest BCUT2D eigenvalue weighted by Crippen LogP contribution is -2.52. The predicted molar refractivity (Wildman–Crippen MR) is 101 cm³/mol. The fourth-order valence-electron chi connectivity index (χ4n) is 4.20. The highest BCUT2D eigenvalue weighted by Crippen LogP contribution is 2.42. The number of nitrogens with one attached hydrogen (secondary N) is 1. The second kappa shape index (κ2) is 6.67. The molecular weight excluding hydrogens is 326 g/mol. The van der Waals surface area contributed by atoms with Crippen molar-refractivity contribution in [2.24, 2.45) is 0 Å². The molecule has 2 atom stereocenters. The summed E-state index contributed by atoms with van der Waals surface area (Å²) >= 11 is 0. The average molecular weight is 353 g/mol. The predicted octanol–water partition coefficient (Wildman–Crippen LogP) is 3.18. The summed E-state index contributed by atoms with van der Waals surface area (Å²) in [6.07, 6.45) is 10.2. The lowest BCUT2D eigenvalue weighted by molar-refractivity contribution is -0.117. The van der Waals surface area contributed by atoms with Gasteiger partial charge in [-0.1, -0.05) is 23.8 Å². The molecule has 0 saturated heterocycles. The molecule has 4 heteroatoms. The molecule has 1 aromatic carbocycles. The maximum Gasteiger partial charge on any atom is 0.141 e. The molecule has 0 aromatic heterocycles. The van der Waals surface area contributed by atoms with Crippen LogP contribution in [0.25, 0.3) is 0 Å². The molecule has 0 fully saturated rings. The topological polar surface area (TPSA) is 58.6 Å². The Balaban J connectivity index is 1.57. The lowest BCUT2D eigenvalue weighted by Gasteiger charge is -2.42. The summed E-state index contributed by atoms with van der Waals surface area (Å²) in [5, 5.41) is 14.4. The number of fused-ring (bicyclic) bond motifs is 2. The van der Waals surface area contributed by atoms with Crippen molar-refractivity contribution >= 4 is 5.78 Å². The van der Waals surface area contributed by atoms with Gasteiger partial charge in [0.05, 0.1) is 6.04 Å². The number of ketones is 1. The molecule has 1 aromatic rings. The van der Waals surface area contributed by atoms with Crippen molar-refractivity contribution in [3.63, 3.8) is 0 Å². The van der Waals surface area contributed by atoms with Crippen LogP contribution in [0.2, 0.25) is 0 Å². The summed E-state index contributed by atoms with van der Waals surface area (Å²) in [6.45, 7) is 4.63. The van der Waals surface area contributed by atoms with Crippen molar-refractivity contribution in [3.05, 3.63) is 52.6 Å². The van der Waals surface area contributed by atoms with Gasteiger partial charge in [0.1, 0.15) is 23.2 Å². The Morgan fingerprint density at radius 3 is 2.73 bits per heavy atom. The van der Waals surface area contributed by atoms with Crippen LogP contribution in [-0.2, 0) is 17.6 Å². The summed E-state index contributed by atoms with van der Waals surface area (Å²) < 4.78 is 6.09. The smallest absolute Gasteiger partial charge is 0.141 e. The molecule has 0 radical (unpaired) electrons. The van der Waals surface area contributed by atoms with Gasteiger partial charge >= 0.3 is 0 Å². The third kappa shape index (κ3) is 3.24. The molecule has 138 valence electrons. The van der Waals surface area contributed by atoms with E-state index in [-0.39, 0.29) is 11.8 Å². The Bertz CT molecular complexity index is 791. The molecule has 3 aliphatic rings. The molecule has 0 amide bonds. The zero-order valence-corrected chi connectivity index (χ0v) is 15.5. The number of carbonyl (C=O) groups is 1. The fraction of sp³-hybridized carbons (Fsp3) is 0.500. The number of aliphatic hydroxyl groups is 1. The minimum atomic E-state index is -0.675. The van der Waals surface area contributed by atoms with Crippen LogP contribution in [-0.4, -0.2) is 29.1 Å². The van der Waals surface area contributed by atoms with Gasteiger partial charge in [-0.05, 0) is 62.9 Å². The van der Waals surface area contributed by atoms with Gasteiger partial charge in [-0.25, -0.2) is 0 Å². The van der Waals surface area contributed by atoms with Gasteiger partial charge < -0.3 is 15.2 Å². The van der Waals surface area contributed by atoms with Crippen LogP contribution in [0.1, 0.15) is 55.8 Å². The van der Waals surface area contributed by atoms with E-state index in [4.69, 9.17) is 4.74 Å². The van der Waals surface area contributed by atoms with Gasteiger partial charge in [-0.3, -0.25) is 4.79 Å². The maximum absolute atomic E-state index is 11.8. The molecular formula is C22H27NO3. The summed E-state index contributed by atoms with van der Waals surface area (Å²) in [7, 11) is 0. The highest BCUT2D eigenvalue weighted by molar-refractivity contribution is 5.88. The van der Waals surface area contributed by atoms with Crippen molar-refractivity contribution in [2.75, 3.05) is 6.54 Å². The van der Waals surface area contributed by atoms with Crippen molar-refractivity contribution in [3.8, 4) is 5.75 Å². The highest BCUT2D eigenvalue weighted by Gasteiger charge is 2.43. The number of allylic oxidation sites excluding steroid dienone is 3. The first kappa shape index (κ1) is 17.5. The van der Waals surface area contributed by atoms with E-state index in [1.807, 2.05) is 19.9 Å². The van der Waals surface area contributed by atoms with E-state index in [1.165, 1.54) is 5.57 Å². The number of aliphatic hydroxyl groups excluding tert-OH is 1. The van der Waals surface area contributed by atoms with E-state index < -0.39 is 11.7 Å². The maximum atomic E-state index is 11.8. The van der Waals surface area contributed by atoms with Gasteiger partial charge in [0.2, 0.25) is 0 Å². The van der Waals surface area contributed by atoms with Crippen LogP contribution < -0.4 is 10.1 Å². The van der Waals surface area contributed by atoms with Crippen LogP contribution in [0.15, 0.2) is 35.9 Å². The number of ether oxygens (including phenoxy) is 1. The summed E-state index contributed by atoms with van der Waals surface area (Å²) in [4.78, 5) is 11.8. The first-order valence-corrected chi connectivity index (χ1v) is 9.57. The van der Waals surface area contributed by atoms with E-state index in [9.17, 15) is 9.90 Å². The second-order valence-corrected chi connectivity index (χ2v) is 8.14. The molecule has 1 aliphatic heterocycles. The zero-order chi connectivity index (χ0) is 18.3. The molecule has 0 spiro atoms. The van der Waals surface area contributed by atoms with E-state index in [0.29, 0.717) is 12.8 Å². The monoisotopic (exact) mass is 353 g/mol. The van der Waals surface area contributed by atoms with E-state index in [2.05, 4.69) is 29.6 Å². The lowest BCUT2D eigenvalue weighted by atomic mass is 9.85. The van der Waals surface area contributed by atoms with Gasteiger partial charge in [-0.2, -0.15) is 0 Å². The Hall–Kier alpha value is -1.91. The van der Waals surface area contributed by atoms with Gasteiger partial charge in [-0.15, -0.1) is 0 Å². The molecule has 0 saturated carbocycles. The summed E-state index contributed by atoms with van der Waals surface area (Å²) in [5.74, 6) is 1.05. The summed E-state index contributed by atoms with van der Waals surface area (Å²) in [5.41, 5.74) is 3.79. The van der Waals surface area contributed by atoms with Crippen LogP contribution >= 0.6 is 0 Å². The minimum Gasteiger partial charge on any atom is -0.485 e. The normalized spacial score (nSPS) is 26.1. The number of hydrogen-bond acceptors (Lipinski definition) is 4. The average Bonchev–Trinajstić information content (AvgIpc) is 2.96. The quantitative estimate of drug-likeness (QED) is 0.873. The molecule has 2 unspecified atom stereocenters. The van der Waals surface area contributed by atoms with Crippen molar-refractivity contribution in [2.45, 2.75) is 63.7 Å². The van der Waals surface area contributed by atoms with Crippen LogP contribution in [0, 0.1) is 0 Å². The van der Waals surface area contributed by atoms with Gasteiger partial charge in [0.15, 0.2) is 0 Å². The Morgan fingerprint density at radius 1 is 1.23 bits per heavy atom. The molecule has 26 heavy (non-hydrogen) atoms. The van der Waals surface area contributed by atoms with Gasteiger partial charge in [0.25, 0.3) is 0 Å². The third-order valence-corrected chi connectivity index (χ3v) is 5.69. The summed E-state index contributed by atoms with van der Waals surface area (Å²) in [6, 6.07) is 3.87. The van der Waals surface area contributed by atoms with Crippen LogP contribution in [0.5, 0.6) is 5.75 Å². The first-order chi connectivity index (χ1) is 12.4. The van der Waals surface area contributed by atoms with Crippen molar-refractivity contribution in [1.29, 1.82) is 0 Å². The Kier molecular flexibility index (Phi) is 4.49. The first-order valence-electron chi connectivity index (χ1n) is 9.57. The van der Waals surface area contributed by atoms with Crippen LogP contribution in [0.4, 0.5) is 0 Å². The molecule has 4 nitrogen and oxygen atoms in total. The number of hydrogen-bond donors (Lipinski definition) is 2. The Labute approximate surface area is 154 Å². The highest BCUT2D eigenvalue weighted by atomic mass is 16.5. The molecule has 0 bridgehead atoms. The van der Waals surface area contributed by atoms with E-state index in [1.54, 1.807) is 0 Å². The number of Topliss-reactive ketones (excluding diaryl/α,β-unsaturated/α-hetero) is 1. The molecule has 4 rings (SSSR count). The second-order valence-electron chi connectivity index (χ2n) is 8.14. The zero-order valence-electron chi connectivity index (χ0n) is 15.5. The third-order valence-electron chi connectivity index (χ3n) is 5.69. The Morgan fingerprint density at radius 2 is 2.00 bits per heavy atom. The van der Waals surface area contributed by atoms with E-state index >= 15 is 0 Å². The van der Waals surface area contributed by atoms with E-state index in [0.717, 1.165) is 48.2 Å². The fourth-order valence-corrected chi connectivity index (χ4v) is 4.20. The minimum absolute atomic E-state index is 0.192. The standard InChI is InChI=1S/C22H27NO3/c1-22(2)21(25)20(23-9-8-14-6-4-3-5-7-14)18-12-15-10-17(24)11-16(15)13-19(18)26-22/h4,6-7,12-13,20-21,23,25H,3,5,8-11H2,1-2H3. The molecule has 2 N–H and O–H groups in total. The largest absolute Gasteiger partial charge is 0.485 e. The number of benzene rings is 1. The number of rotatable bonds is 4. The van der Waals surface area contributed by atoms with Crippen LogP contribution in [0.3, 0.4) is 0 Å². The van der Waals surface area contributed by atoms with Crippen molar-refractivity contribution in [1.82, 2.24) is 5.32 Å². The van der Waals surface area contributed by atoms with Gasteiger partial charge in [0, 0.05) is 18.4 Å². The SMILES string of the molecule is CC1(C)Oc2cc3c(cc2C(NCCC2=CCCC=C2)C1O)CC(=O)C3. The molecule has 2 aliphatic carbocycles. The van der Waals surface area contributed by atoms with Crippen molar-refractivity contribution < 1.29 is 14.6 Å². The molecule has 1 heterocycles. The number of carbonyl (C=O) groups excluding carboxylic acids is 1.